The highest BCUT2D eigenvalue weighted by atomic mass is 127. The van der Waals surface area contributed by atoms with Crippen LogP contribution in [0.2, 0.25) is 0 Å². The van der Waals surface area contributed by atoms with Crippen molar-refractivity contribution in [1.82, 2.24) is 0 Å². The van der Waals surface area contributed by atoms with Gasteiger partial charge in [0.1, 0.15) is 5.75 Å². The van der Waals surface area contributed by atoms with Crippen LogP contribution in [0.15, 0.2) is 48.5 Å². The molecule has 0 bridgehead atoms. The molecule has 0 radical (unpaired) electrons. The average molecular weight is 353 g/mol. The van der Waals surface area contributed by atoms with E-state index in [-0.39, 0.29) is 0 Å². The van der Waals surface area contributed by atoms with Gasteiger partial charge in [0.25, 0.3) is 0 Å². The molecule has 0 amide bonds. The fourth-order valence-corrected chi connectivity index (χ4v) is 2.00. The van der Waals surface area contributed by atoms with Gasteiger partial charge < -0.3 is 10.1 Å². The third-order valence-corrected chi connectivity index (χ3v) is 3.29. The Morgan fingerprint density at radius 1 is 1.00 bits per heavy atom. The van der Waals surface area contributed by atoms with E-state index in [1.54, 1.807) is 0 Å². The van der Waals surface area contributed by atoms with Gasteiger partial charge in [-0.1, -0.05) is 12.1 Å². The van der Waals surface area contributed by atoms with Crippen molar-refractivity contribution < 1.29 is 4.74 Å². The third-order valence-electron chi connectivity index (χ3n) is 2.58. The second-order valence-electron chi connectivity index (χ2n) is 3.94. The zero-order chi connectivity index (χ0) is 12.8. The summed E-state index contributed by atoms with van der Waals surface area (Å²) in [7, 11) is 0. The number of hydrogen-bond acceptors (Lipinski definition) is 2. The molecule has 2 aromatic rings. The molecule has 0 aliphatic rings. The summed E-state index contributed by atoms with van der Waals surface area (Å²) in [5, 5.41) is 3.39. The topological polar surface area (TPSA) is 21.3 Å². The summed E-state index contributed by atoms with van der Waals surface area (Å²) in [6.07, 6.45) is 0. The van der Waals surface area contributed by atoms with Gasteiger partial charge in [-0.3, -0.25) is 0 Å². The molecule has 94 valence electrons. The number of hydrogen-bond donors (Lipinski definition) is 1. The lowest BCUT2D eigenvalue weighted by Crippen LogP contribution is -1.99. The maximum atomic E-state index is 5.41. The molecule has 2 aromatic carbocycles. The van der Waals surface area contributed by atoms with Gasteiger partial charge in [-0.25, -0.2) is 0 Å². The zero-order valence-corrected chi connectivity index (χ0v) is 12.5. The van der Waals surface area contributed by atoms with E-state index in [0.717, 1.165) is 18.0 Å². The van der Waals surface area contributed by atoms with Crippen molar-refractivity contribution in [2.75, 3.05) is 11.9 Å². The van der Waals surface area contributed by atoms with Crippen molar-refractivity contribution in [3.8, 4) is 5.75 Å². The van der Waals surface area contributed by atoms with Gasteiger partial charge in [0.2, 0.25) is 0 Å². The molecule has 2 nitrogen and oxygen atoms in total. The number of halogens is 1. The van der Waals surface area contributed by atoms with Gasteiger partial charge in [0.15, 0.2) is 0 Å². The Morgan fingerprint density at radius 2 is 1.67 bits per heavy atom. The summed E-state index contributed by atoms with van der Waals surface area (Å²) in [6, 6.07) is 16.6. The van der Waals surface area contributed by atoms with Crippen LogP contribution < -0.4 is 10.1 Å². The molecule has 0 unspecified atom stereocenters. The minimum absolute atomic E-state index is 0.704. The molecule has 3 heteroatoms. The maximum Gasteiger partial charge on any atom is 0.119 e. The van der Waals surface area contributed by atoms with Crippen LogP contribution in [0.5, 0.6) is 5.75 Å². The van der Waals surface area contributed by atoms with Crippen LogP contribution in [0, 0.1) is 3.57 Å². The van der Waals surface area contributed by atoms with Crippen LogP contribution in [0.25, 0.3) is 0 Å². The van der Waals surface area contributed by atoms with E-state index in [2.05, 4.69) is 52.2 Å². The summed E-state index contributed by atoms with van der Waals surface area (Å²) in [5.41, 5.74) is 2.39. The number of benzene rings is 2. The smallest absolute Gasteiger partial charge is 0.119 e. The van der Waals surface area contributed by atoms with Crippen LogP contribution in [-0.4, -0.2) is 6.61 Å². The van der Waals surface area contributed by atoms with Gasteiger partial charge in [0, 0.05) is 15.8 Å². The van der Waals surface area contributed by atoms with Crippen LogP contribution in [-0.2, 0) is 6.54 Å². The van der Waals surface area contributed by atoms with Crippen molar-refractivity contribution in [3.63, 3.8) is 0 Å². The van der Waals surface area contributed by atoms with Crippen LogP contribution >= 0.6 is 22.6 Å². The van der Waals surface area contributed by atoms with E-state index in [4.69, 9.17) is 4.74 Å². The van der Waals surface area contributed by atoms with Crippen molar-refractivity contribution in [1.29, 1.82) is 0 Å². The molecule has 0 aliphatic carbocycles. The molecule has 18 heavy (non-hydrogen) atoms. The molecule has 2 rings (SSSR count). The molecule has 0 saturated heterocycles. The monoisotopic (exact) mass is 353 g/mol. The Hall–Kier alpha value is -1.23. The molecular formula is C15H16INO. The Balaban J connectivity index is 1.91. The Bertz CT molecular complexity index is 479. The SMILES string of the molecule is CCOc1ccc(NCc2ccc(I)cc2)cc1. The second kappa shape index (κ2) is 6.64. The van der Waals surface area contributed by atoms with Crippen molar-refractivity contribution in [2.45, 2.75) is 13.5 Å². The molecule has 0 fully saturated rings. The van der Waals surface area contributed by atoms with Crippen molar-refractivity contribution in [2.24, 2.45) is 0 Å². The predicted octanol–water partition coefficient (Wildman–Crippen LogP) is 4.30. The van der Waals surface area contributed by atoms with Crippen LogP contribution in [0.1, 0.15) is 12.5 Å². The van der Waals surface area contributed by atoms with Gasteiger partial charge in [-0.05, 0) is 71.5 Å². The minimum atomic E-state index is 0.704. The first kappa shape index (κ1) is 13.2. The number of rotatable bonds is 5. The number of nitrogens with one attached hydrogen (secondary N) is 1. The molecule has 0 atom stereocenters. The standard InChI is InChI=1S/C15H16INO/c1-2-18-15-9-7-14(8-10-15)17-11-12-3-5-13(16)6-4-12/h3-10,17H,2,11H2,1H3. The highest BCUT2D eigenvalue weighted by Crippen LogP contribution is 2.16. The zero-order valence-electron chi connectivity index (χ0n) is 10.3. The second-order valence-corrected chi connectivity index (χ2v) is 5.18. The fourth-order valence-electron chi connectivity index (χ4n) is 1.64. The lowest BCUT2D eigenvalue weighted by molar-refractivity contribution is 0.340. The molecule has 0 heterocycles. The summed E-state index contributed by atoms with van der Waals surface area (Å²) in [5.74, 6) is 0.914. The first-order valence-corrected chi connectivity index (χ1v) is 7.07. The molecule has 1 N–H and O–H groups in total. The predicted molar refractivity (Wildman–Crippen MR) is 84.1 cm³/mol. The van der Waals surface area contributed by atoms with E-state index in [1.165, 1.54) is 9.13 Å². The molecule has 0 aliphatic heterocycles. The summed E-state index contributed by atoms with van der Waals surface area (Å²) in [6.45, 7) is 3.53. The first-order chi connectivity index (χ1) is 8.78. The molecule has 0 spiro atoms. The van der Waals surface area contributed by atoms with Gasteiger partial charge in [0.05, 0.1) is 6.61 Å². The Kier molecular flexibility index (Phi) is 4.87. The lowest BCUT2D eigenvalue weighted by atomic mass is 10.2. The molecule has 0 saturated carbocycles. The average Bonchev–Trinajstić information content (AvgIpc) is 2.40. The largest absolute Gasteiger partial charge is 0.494 e. The summed E-state index contributed by atoms with van der Waals surface area (Å²) >= 11 is 2.31. The van der Waals surface area contributed by atoms with E-state index < -0.39 is 0 Å². The fraction of sp³-hybridized carbons (Fsp3) is 0.200. The van der Waals surface area contributed by atoms with E-state index in [1.807, 2.05) is 31.2 Å². The normalized spacial score (nSPS) is 10.1. The molecule has 0 aromatic heterocycles. The van der Waals surface area contributed by atoms with Crippen LogP contribution in [0.4, 0.5) is 5.69 Å². The van der Waals surface area contributed by atoms with Gasteiger partial charge in [-0.15, -0.1) is 0 Å². The lowest BCUT2D eigenvalue weighted by Gasteiger charge is -2.08. The van der Waals surface area contributed by atoms with E-state index >= 15 is 0 Å². The third kappa shape index (κ3) is 3.91. The minimum Gasteiger partial charge on any atom is -0.494 e. The first-order valence-electron chi connectivity index (χ1n) is 5.99. The number of anilines is 1. The Morgan fingerprint density at radius 3 is 2.28 bits per heavy atom. The van der Waals surface area contributed by atoms with Crippen molar-refractivity contribution in [3.05, 3.63) is 57.7 Å². The number of ether oxygens (including phenoxy) is 1. The van der Waals surface area contributed by atoms with E-state index in [0.29, 0.717) is 6.61 Å². The summed E-state index contributed by atoms with van der Waals surface area (Å²) < 4.78 is 6.67. The highest BCUT2D eigenvalue weighted by Gasteiger charge is 1.96. The van der Waals surface area contributed by atoms with Crippen molar-refractivity contribution >= 4 is 28.3 Å². The van der Waals surface area contributed by atoms with E-state index in [9.17, 15) is 0 Å². The maximum absolute atomic E-state index is 5.41. The quantitative estimate of drug-likeness (QED) is 0.810. The highest BCUT2D eigenvalue weighted by molar-refractivity contribution is 14.1. The Labute approximate surface area is 122 Å². The molecular weight excluding hydrogens is 337 g/mol. The van der Waals surface area contributed by atoms with Crippen LogP contribution in [0.3, 0.4) is 0 Å². The summed E-state index contributed by atoms with van der Waals surface area (Å²) in [4.78, 5) is 0. The van der Waals surface area contributed by atoms with Gasteiger partial charge in [-0.2, -0.15) is 0 Å². The van der Waals surface area contributed by atoms with Gasteiger partial charge >= 0.3 is 0 Å².